The second-order valence-electron chi connectivity index (χ2n) is 6.51. The number of halogens is 2. The maximum absolute atomic E-state index is 13.9. The molecule has 24 heavy (non-hydrogen) atoms. The van der Waals surface area contributed by atoms with Crippen LogP contribution in [0.2, 0.25) is 0 Å². The Morgan fingerprint density at radius 1 is 1.25 bits per heavy atom. The number of H-pyrrole nitrogens is 1. The summed E-state index contributed by atoms with van der Waals surface area (Å²) in [5.41, 5.74) is 0.491. The van der Waals surface area contributed by atoms with Gasteiger partial charge in [-0.15, -0.1) is 0 Å². The van der Waals surface area contributed by atoms with Crippen molar-refractivity contribution < 1.29 is 8.78 Å². The molecule has 1 N–H and O–H groups in total. The monoisotopic (exact) mass is 333 g/mol. The third kappa shape index (κ3) is 3.32. The van der Waals surface area contributed by atoms with Crippen molar-refractivity contribution in [3.8, 4) is 0 Å². The van der Waals surface area contributed by atoms with Crippen LogP contribution in [0.1, 0.15) is 36.6 Å². The van der Waals surface area contributed by atoms with Crippen molar-refractivity contribution in [1.82, 2.24) is 9.97 Å². The van der Waals surface area contributed by atoms with Crippen LogP contribution in [0.5, 0.6) is 0 Å². The molecule has 2 heterocycles. The van der Waals surface area contributed by atoms with Crippen LogP contribution in [-0.4, -0.2) is 23.1 Å². The summed E-state index contributed by atoms with van der Waals surface area (Å²) in [4.78, 5) is 21.5. The molecule has 128 valence electrons. The summed E-state index contributed by atoms with van der Waals surface area (Å²) in [5.74, 6) is -0.0932. The van der Waals surface area contributed by atoms with Crippen molar-refractivity contribution in [2.24, 2.45) is 5.92 Å². The fourth-order valence-electron chi connectivity index (χ4n) is 2.98. The number of nitrogens with one attached hydrogen (secondary N) is 1. The van der Waals surface area contributed by atoms with E-state index in [2.05, 4.69) is 16.9 Å². The van der Waals surface area contributed by atoms with Gasteiger partial charge in [0.25, 0.3) is 5.56 Å². The van der Waals surface area contributed by atoms with Gasteiger partial charge in [-0.3, -0.25) is 9.78 Å². The number of aromatic amines is 1. The molecule has 1 fully saturated rings. The molecule has 0 bridgehead atoms. The van der Waals surface area contributed by atoms with Crippen LogP contribution < -0.4 is 10.5 Å². The van der Waals surface area contributed by atoms with Gasteiger partial charge in [0, 0.05) is 30.6 Å². The standard InChI is InChI=1S/C18H21F2N3O/c1-11-6-8-23(9-7-11)18-21-16(12(2)17(24)22-18)10-13-14(19)4-3-5-15(13)20/h3-5,11H,6-10H2,1-2H3,(H,21,22,24). The van der Waals surface area contributed by atoms with E-state index >= 15 is 0 Å². The largest absolute Gasteiger partial charge is 0.342 e. The normalized spacial score (nSPS) is 15.8. The summed E-state index contributed by atoms with van der Waals surface area (Å²) in [7, 11) is 0. The van der Waals surface area contributed by atoms with E-state index in [1.165, 1.54) is 18.2 Å². The fourth-order valence-corrected chi connectivity index (χ4v) is 2.98. The molecule has 0 aliphatic carbocycles. The molecule has 1 saturated heterocycles. The van der Waals surface area contributed by atoms with Gasteiger partial charge in [-0.1, -0.05) is 13.0 Å². The summed E-state index contributed by atoms with van der Waals surface area (Å²) < 4.78 is 27.8. The number of hydrogen-bond acceptors (Lipinski definition) is 3. The highest BCUT2D eigenvalue weighted by Crippen LogP contribution is 2.21. The number of piperidine rings is 1. The zero-order valence-electron chi connectivity index (χ0n) is 13.9. The van der Waals surface area contributed by atoms with E-state index in [0.717, 1.165) is 25.9 Å². The summed E-state index contributed by atoms with van der Waals surface area (Å²) in [6.45, 7) is 5.47. The topological polar surface area (TPSA) is 49.0 Å². The van der Waals surface area contributed by atoms with Crippen LogP contribution in [-0.2, 0) is 6.42 Å². The molecule has 0 amide bonds. The first-order chi connectivity index (χ1) is 11.5. The number of aromatic nitrogens is 2. The van der Waals surface area contributed by atoms with Gasteiger partial charge >= 0.3 is 0 Å². The van der Waals surface area contributed by atoms with Gasteiger partial charge in [0.2, 0.25) is 5.95 Å². The Morgan fingerprint density at radius 2 is 1.88 bits per heavy atom. The quantitative estimate of drug-likeness (QED) is 0.938. The lowest BCUT2D eigenvalue weighted by Crippen LogP contribution is -2.35. The maximum Gasteiger partial charge on any atom is 0.255 e. The third-order valence-corrected chi connectivity index (χ3v) is 4.73. The van der Waals surface area contributed by atoms with Gasteiger partial charge in [-0.2, -0.15) is 0 Å². The minimum atomic E-state index is -0.621. The average Bonchev–Trinajstić information content (AvgIpc) is 2.55. The summed E-state index contributed by atoms with van der Waals surface area (Å²) in [6.07, 6.45) is 2.04. The number of benzene rings is 1. The van der Waals surface area contributed by atoms with Crippen LogP contribution in [0.3, 0.4) is 0 Å². The van der Waals surface area contributed by atoms with Gasteiger partial charge in [0.1, 0.15) is 11.6 Å². The van der Waals surface area contributed by atoms with Crippen LogP contribution in [0.4, 0.5) is 14.7 Å². The lowest BCUT2D eigenvalue weighted by molar-refractivity contribution is 0.434. The van der Waals surface area contributed by atoms with Gasteiger partial charge in [-0.05, 0) is 37.8 Å². The van der Waals surface area contributed by atoms with E-state index in [9.17, 15) is 13.6 Å². The highest BCUT2D eigenvalue weighted by atomic mass is 19.1. The molecular weight excluding hydrogens is 312 g/mol. The minimum absolute atomic E-state index is 0.0362. The molecule has 0 radical (unpaired) electrons. The van der Waals surface area contributed by atoms with Gasteiger partial charge in [0.05, 0.1) is 5.69 Å². The van der Waals surface area contributed by atoms with Crippen molar-refractivity contribution in [3.63, 3.8) is 0 Å². The molecular formula is C18H21F2N3O. The summed E-state index contributed by atoms with van der Waals surface area (Å²) >= 11 is 0. The lowest BCUT2D eigenvalue weighted by Gasteiger charge is -2.30. The molecule has 0 saturated carbocycles. The molecule has 6 heteroatoms. The molecule has 4 nitrogen and oxygen atoms in total. The molecule has 1 aromatic heterocycles. The van der Waals surface area contributed by atoms with Crippen molar-refractivity contribution in [2.45, 2.75) is 33.1 Å². The first-order valence-electron chi connectivity index (χ1n) is 8.23. The Bertz CT molecular complexity index is 775. The Balaban J connectivity index is 1.95. The second-order valence-corrected chi connectivity index (χ2v) is 6.51. The van der Waals surface area contributed by atoms with E-state index < -0.39 is 11.6 Å². The van der Waals surface area contributed by atoms with Gasteiger partial charge in [0.15, 0.2) is 0 Å². The highest BCUT2D eigenvalue weighted by molar-refractivity contribution is 5.36. The summed E-state index contributed by atoms with van der Waals surface area (Å²) in [6, 6.07) is 3.76. The lowest BCUT2D eigenvalue weighted by atomic mass is 9.99. The number of hydrogen-bond donors (Lipinski definition) is 1. The summed E-state index contributed by atoms with van der Waals surface area (Å²) in [5, 5.41) is 0. The molecule has 1 aromatic carbocycles. The predicted octanol–water partition coefficient (Wildman–Crippen LogP) is 3.18. The molecule has 2 aromatic rings. The van der Waals surface area contributed by atoms with Crippen LogP contribution in [0.15, 0.2) is 23.0 Å². The van der Waals surface area contributed by atoms with Crippen LogP contribution >= 0.6 is 0 Å². The Labute approximate surface area is 139 Å². The van der Waals surface area contributed by atoms with Crippen LogP contribution in [0.25, 0.3) is 0 Å². The Kier molecular flexibility index (Phi) is 4.64. The second kappa shape index (κ2) is 6.71. The van der Waals surface area contributed by atoms with Crippen molar-refractivity contribution in [1.29, 1.82) is 0 Å². The van der Waals surface area contributed by atoms with Crippen molar-refractivity contribution >= 4 is 5.95 Å². The Hall–Kier alpha value is -2.24. The SMILES string of the molecule is Cc1c(Cc2c(F)cccc2F)nc(N2CCC(C)CC2)[nH]c1=O. The zero-order valence-corrected chi connectivity index (χ0v) is 13.9. The first kappa shape index (κ1) is 16.6. The number of anilines is 1. The zero-order chi connectivity index (χ0) is 17.3. The molecule has 0 atom stereocenters. The van der Waals surface area contributed by atoms with E-state index in [1.807, 2.05) is 4.90 Å². The average molecular weight is 333 g/mol. The molecule has 0 unspecified atom stereocenters. The number of nitrogens with zero attached hydrogens (tertiary/aromatic N) is 2. The maximum atomic E-state index is 13.9. The third-order valence-electron chi connectivity index (χ3n) is 4.73. The van der Waals surface area contributed by atoms with E-state index in [-0.39, 0.29) is 17.5 Å². The first-order valence-corrected chi connectivity index (χ1v) is 8.23. The minimum Gasteiger partial charge on any atom is -0.342 e. The molecule has 3 rings (SSSR count). The highest BCUT2D eigenvalue weighted by Gasteiger charge is 2.20. The van der Waals surface area contributed by atoms with Gasteiger partial charge in [-0.25, -0.2) is 13.8 Å². The van der Waals surface area contributed by atoms with E-state index in [4.69, 9.17) is 0 Å². The van der Waals surface area contributed by atoms with Crippen molar-refractivity contribution in [3.05, 3.63) is 57.0 Å². The van der Waals surface area contributed by atoms with Gasteiger partial charge < -0.3 is 4.90 Å². The smallest absolute Gasteiger partial charge is 0.255 e. The van der Waals surface area contributed by atoms with Crippen LogP contribution in [0, 0.1) is 24.5 Å². The predicted molar refractivity (Wildman–Crippen MR) is 89.4 cm³/mol. The van der Waals surface area contributed by atoms with E-state index in [0.29, 0.717) is 23.1 Å². The van der Waals surface area contributed by atoms with Crippen molar-refractivity contribution in [2.75, 3.05) is 18.0 Å². The van der Waals surface area contributed by atoms with E-state index in [1.54, 1.807) is 6.92 Å². The fraction of sp³-hybridized carbons (Fsp3) is 0.444. The number of rotatable bonds is 3. The molecule has 0 spiro atoms. The Morgan fingerprint density at radius 3 is 2.50 bits per heavy atom. The molecule has 1 aliphatic heterocycles. The molecule has 1 aliphatic rings.